The second-order valence-electron chi connectivity index (χ2n) is 4.56. The minimum atomic E-state index is 0.551. The summed E-state index contributed by atoms with van der Waals surface area (Å²) in [5.41, 5.74) is 4.62. The molecular formula is C17H20N2O4. The molecule has 0 saturated carbocycles. The van der Waals surface area contributed by atoms with Crippen molar-refractivity contribution < 1.29 is 18.9 Å². The second kappa shape index (κ2) is 7.93. The van der Waals surface area contributed by atoms with Crippen LogP contribution in [0.2, 0.25) is 0 Å². The number of hydrazone groups is 1. The van der Waals surface area contributed by atoms with Gasteiger partial charge in [-0.15, -0.1) is 0 Å². The van der Waals surface area contributed by atoms with Crippen LogP contribution in [0, 0.1) is 0 Å². The Morgan fingerprint density at radius 2 is 1.43 bits per heavy atom. The van der Waals surface area contributed by atoms with Gasteiger partial charge in [-0.3, -0.25) is 5.43 Å². The van der Waals surface area contributed by atoms with Gasteiger partial charge in [0.15, 0.2) is 11.5 Å². The van der Waals surface area contributed by atoms with Gasteiger partial charge in [0, 0.05) is 5.56 Å². The fraction of sp³-hybridized carbons (Fsp3) is 0.235. The van der Waals surface area contributed by atoms with E-state index in [0.717, 1.165) is 17.0 Å². The number of anilines is 1. The third-order valence-corrected chi connectivity index (χ3v) is 3.18. The molecule has 0 aliphatic heterocycles. The zero-order valence-corrected chi connectivity index (χ0v) is 13.6. The SMILES string of the molecule is COc1ccc(N/N=C/c2cc(OC)c(OC)c(OC)c2)cc1. The van der Waals surface area contributed by atoms with Crippen LogP contribution >= 0.6 is 0 Å². The molecule has 0 amide bonds. The van der Waals surface area contributed by atoms with Gasteiger partial charge in [-0.25, -0.2) is 0 Å². The zero-order chi connectivity index (χ0) is 16.7. The fourth-order valence-electron chi connectivity index (χ4n) is 2.02. The van der Waals surface area contributed by atoms with Crippen molar-refractivity contribution in [3.63, 3.8) is 0 Å². The highest BCUT2D eigenvalue weighted by Gasteiger charge is 2.12. The maximum absolute atomic E-state index is 5.31. The van der Waals surface area contributed by atoms with Gasteiger partial charge in [-0.1, -0.05) is 0 Å². The molecule has 6 heteroatoms. The average molecular weight is 316 g/mol. The van der Waals surface area contributed by atoms with Crippen molar-refractivity contribution in [3.8, 4) is 23.0 Å². The van der Waals surface area contributed by atoms with Crippen molar-refractivity contribution in [3.05, 3.63) is 42.0 Å². The summed E-state index contributed by atoms with van der Waals surface area (Å²) < 4.78 is 21.0. The lowest BCUT2D eigenvalue weighted by atomic mass is 10.2. The Morgan fingerprint density at radius 3 is 1.91 bits per heavy atom. The van der Waals surface area contributed by atoms with Crippen molar-refractivity contribution in [2.24, 2.45) is 5.10 Å². The summed E-state index contributed by atoms with van der Waals surface area (Å²) >= 11 is 0. The number of nitrogens with one attached hydrogen (secondary N) is 1. The molecule has 6 nitrogen and oxygen atoms in total. The van der Waals surface area contributed by atoms with Gasteiger partial charge in [0.2, 0.25) is 5.75 Å². The third kappa shape index (κ3) is 4.06. The van der Waals surface area contributed by atoms with Crippen LogP contribution < -0.4 is 24.4 Å². The predicted octanol–water partition coefficient (Wildman–Crippen LogP) is 3.17. The van der Waals surface area contributed by atoms with Gasteiger partial charge in [-0.05, 0) is 36.4 Å². The summed E-state index contributed by atoms with van der Waals surface area (Å²) in [6, 6.07) is 11.1. The summed E-state index contributed by atoms with van der Waals surface area (Å²) in [6.07, 6.45) is 1.68. The Labute approximate surface area is 135 Å². The number of hydrogen-bond donors (Lipinski definition) is 1. The van der Waals surface area contributed by atoms with Gasteiger partial charge in [0.25, 0.3) is 0 Å². The molecule has 0 bridgehead atoms. The average Bonchev–Trinajstić information content (AvgIpc) is 2.61. The van der Waals surface area contributed by atoms with Crippen molar-refractivity contribution in [1.82, 2.24) is 0 Å². The van der Waals surface area contributed by atoms with Crippen molar-refractivity contribution in [2.75, 3.05) is 33.9 Å². The third-order valence-electron chi connectivity index (χ3n) is 3.18. The van der Waals surface area contributed by atoms with Crippen LogP contribution in [-0.2, 0) is 0 Å². The van der Waals surface area contributed by atoms with Crippen LogP contribution in [0.1, 0.15) is 5.56 Å². The number of ether oxygens (including phenoxy) is 4. The Kier molecular flexibility index (Phi) is 5.68. The molecule has 0 heterocycles. The second-order valence-corrected chi connectivity index (χ2v) is 4.56. The summed E-state index contributed by atoms with van der Waals surface area (Å²) in [4.78, 5) is 0. The van der Waals surface area contributed by atoms with E-state index in [1.165, 1.54) is 0 Å². The van der Waals surface area contributed by atoms with E-state index in [2.05, 4.69) is 10.5 Å². The van der Waals surface area contributed by atoms with Gasteiger partial charge in [-0.2, -0.15) is 5.10 Å². The van der Waals surface area contributed by atoms with Crippen LogP contribution in [0.3, 0.4) is 0 Å². The molecule has 0 unspecified atom stereocenters. The number of rotatable bonds is 7. The highest BCUT2D eigenvalue weighted by Crippen LogP contribution is 2.37. The van der Waals surface area contributed by atoms with E-state index < -0.39 is 0 Å². The number of methoxy groups -OCH3 is 4. The summed E-state index contributed by atoms with van der Waals surface area (Å²) in [5.74, 6) is 2.51. The zero-order valence-electron chi connectivity index (χ0n) is 13.6. The number of hydrogen-bond acceptors (Lipinski definition) is 6. The van der Waals surface area contributed by atoms with E-state index in [1.807, 2.05) is 36.4 Å². The highest BCUT2D eigenvalue weighted by atomic mass is 16.5. The van der Waals surface area contributed by atoms with Crippen molar-refractivity contribution in [2.45, 2.75) is 0 Å². The molecule has 2 rings (SSSR count). The Morgan fingerprint density at radius 1 is 0.826 bits per heavy atom. The molecule has 0 aliphatic carbocycles. The fourth-order valence-corrected chi connectivity index (χ4v) is 2.02. The lowest BCUT2D eigenvalue weighted by Gasteiger charge is -2.12. The first kappa shape index (κ1) is 16.5. The minimum Gasteiger partial charge on any atom is -0.497 e. The first-order chi connectivity index (χ1) is 11.2. The van der Waals surface area contributed by atoms with Crippen molar-refractivity contribution in [1.29, 1.82) is 0 Å². The van der Waals surface area contributed by atoms with Crippen LogP contribution in [0.5, 0.6) is 23.0 Å². The van der Waals surface area contributed by atoms with Gasteiger partial charge >= 0.3 is 0 Å². The molecule has 0 radical (unpaired) electrons. The molecule has 2 aromatic carbocycles. The number of benzene rings is 2. The Balaban J connectivity index is 2.15. The Bertz CT molecular complexity index is 644. The normalized spacial score (nSPS) is 10.4. The Hall–Kier alpha value is -2.89. The first-order valence-corrected chi connectivity index (χ1v) is 6.95. The van der Waals surface area contributed by atoms with Crippen LogP contribution in [-0.4, -0.2) is 34.7 Å². The van der Waals surface area contributed by atoms with Gasteiger partial charge in [0.1, 0.15) is 5.75 Å². The summed E-state index contributed by atoms with van der Waals surface area (Å²) in [7, 11) is 6.35. The molecule has 0 aromatic heterocycles. The van der Waals surface area contributed by atoms with E-state index in [4.69, 9.17) is 18.9 Å². The van der Waals surface area contributed by atoms with E-state index in [0.29, 0.717) is 17.2 Å². The molecule has 0 spiro atoms. The highest BCUT2D eigenvalue weighted by molar-refractivity contribution is 5.83. The predicted molar refractivity (Wildman–Crippen MR) is 90.3 cm³/mol. The lowest BCUT2D eigenvalue weighted by Crippen LogP contribution is -1.97. The van der Waals surface area contributed by atoms with Gasteiger partial charge < -0.3 is 18.9 Å². The molecular weight excluding hydrogens is 296 g/mol. The summed E-state index contributed by atoms with van der Waals surface area (Å²) in [5, 5.41) is 4.21. The standard InChI is InChI=1S/C17H20N2O4/c1-20-14-7-5-13(6-8-14)19-18-11-12-9-15(21-2)17(23-4)16(10-12)22-3/h5-11,19H,1-4H3/b18-11+. The maximum Gasteiger partial charge on any atom is 0.203 e. The smallest absolute Gasteiger partial charge is 0.203 e. The van der Waals surface area contributed by atoms with Crippen molar-refractivity contribution >= 4 is 11.9 Å². The molecule has 2 aromatic rings. The molecule has 0 fully saturated rings. The van der Waals surface area contributed by atoms with Crippen LogP contribution in [0.4, 0.5) is 5.69 Å². The van der Waals surface area contributed by atoms with Crippen LogP contribution in [0.15, 0.2) is 41.5 Å². The molecule has 1 N–H and O–H groups in total. The number of nitrogens with zero attached hydrogens (tertiary/aromatic N) is 1. The van der Waals surface area contributed by atoms with E-state index in [-0.39, 0.29) is 0 Å². The molecule has 122 valence electrons. The van der Waals surface area contributed by atoms with Gasteiger partial charge in [0.05, 0.1) is 40.3 Å². The molecule has 0 saturated heterocycles. The van der Waals surface area contributed by atoms with E-state index in [9.17, 15) is 0 Å². The lowest BCUT2D eigenvalue weighted by molar-refractivity contribution is 0.324. The van der Waals surface area contributed by atoms with E-state index in [1.54, 1.807) is 34.7 Å². The first-order valence-electron chi connectivity index (χ1n) is 6.95. The quantitative estimate of drug-likeness (QED) is 0.628. The molecule has 0 aliphatic rings. The summed E-state index contributed by atoms with van der Waals surface area (Å²) in [6.45, 7) is 0. The van der Waals surface area contributed by atoms with E-state index >= 15 is 0 Å². The van der Waals surface area contributed by atoms with Crippen LogP contribution in [0.25, 0.3) is 0 Å². The monoisotopic (exact) mass is 316 g/mol. The minimum absolute atomic E-state index is 0.551. The largest absolute Gasteiger partial charge is 0.497 e. The molecule has 23 heavy (non-hydrogen) atoms. The molecule has 0 atom stereocenters. The topological polar surface area (TPSA) is 61.3 Å². The maximum atomic E-state index is 5.31.